The highest BCUT2D eigenvalue weighted by molar-refractivity contribution is 6.23. The van der Waals surface area contributed by atoms with Crippen LogP contribution in [0.2, 0.25) is 0 Å². The number of likely N-dealkylation sites (tertiary alicyclic amines) is 1. The summed E-state index contributed by atoms with van der Waals surface area (Å²) in [5, 5.41) is 2.19. The van der Waals surface area contributed by atoms with Crippen molar-refractivity contribution in [3.8, 4) is 0 Å². The van der Waals surface area contributed by atoms with Crippen molar-refractivity contribution < 1.29 is 33.5 Å². The number of ether oxygens (including phenoxy) is 1. The molecule has 3 heterocycles. The van der Waals surface area contributed by atoms with Crippen molar-refractivity contribution in [2.24, 2.45) is 5.92 Å². The molecule has 10 heteroatoms. The van der Waals surface area contributed by atoms with Crippen LogP contribution in [0.4, 0.5) is 4.79 Å². The lowest BCUT2D eigenvalue weighted by Gasteiger charge is -2.37. The first-order valence-electron chi connectivity index (χ1n) is 12.3. The zero-order chi connectivity index (χ0) is 26.2. The molecular formula is C26H31N3O7. The van der Waals surface area contributed by atoms with Gasteiger partial charge >= 0.3 is 6.09 Å². The molecule has 2 fully saturated rings. The van der Waals surface area contributed by atoms with Crippen molar-refractivity contribution in [2.45, 2.75) is 77.0 Å². The van der Waals surface area contributed by atoms with Crippen LogP contribution in [-0.2, 0) is 25.5 Å². The second-order valence-corrected chi connectivity index (χ2v) is 10.6. The molecule has 4 rings (SSSR count). The number of aryl methyl sites for hydroxylation is 1. The molecule has 1 N–H and O–H groups in total. The average Bonchev–Trinajstić information content (AvgIpc) is 3.06. The van der Waals surface area contributed by atoms with Crippen LogP contribution in [0.25, 0.3) is 0 Å². The third-order valence-electron chi connectivity index (χ3n) is 6.88. The highest BCUT2D eigenvalue weighted by Crippen LogP contribution is 2.31. The van der Waals surface area contributed by atoms with Gasteiger partial charge in [-0.2, -0.15) is 0 Å². The molecule has 0 aromatic heterocycles. The number of carbonyl (C=O) groups is 6. The summed E-state index contributed by atoms with van der Waals surface area (Å²) in [5.74, 6) is -1.89. The molecule has 2 unspecified atom stereocenters. The van der Waals surface area contributed by atoms with E-state index in [0.717, 1.165) is 29.6 Å². The van der Waals surface area contributed by atoms with Crippen molar-refractivity contribution in [3.05, 3.63) is 34.9 Å². The summed E-state index contributed by atoms with van der Waals surface area (Å²) in [5.41, 5.74) is 0.742. The van der Waals surface area contributed by atoms with Crippen molar-refractivity contribution in [1.29, 1.82) is 0 Å². The van der Waals surface area contributed by atoms with E-state index in [-0.39, 0.29) is 29.9 Å². The highest BCUT2D eigenvalue weighted by Gasteiger charge is 2.44. The average molecular weight is 498 g/mol. The van der Waals surface area contributed by atoms with Crippen molar-refractivity contribution in [1.82, 2.24) is 15.1 Å². The molecule has 1 aromatic carbocycles. The molecule has 1 aromatic rings. The molecule has 2 saturated heterocycles. The minimum atomic E-state index is -0.992. The van der Waals surface area contributed by atoms with Gasteiger partial charge in [-0.15, -0.1) is 0 Å². The summed E-state index contributed by atoms with van der Waals surface area (Å²) in [6, 6.07) is 3.56. The molecule has 0 saturated carbocycles. The number of benzene rings is 1. The number of hydrogen-bond donors (Lipinski definition) is 1. The summed E-state index contributed by atoms with van der Waals surface area (Å²) in [7, 11) is 0. The highest BCUT2D eigenvalue weighted by atomic mass is 16.6. The number of rotatable bonds is 5. The first kappa shape index (κ1) is 25.5. The number of nitrogens with one attached hydrogen (secondary N) is 1. The predicted octanol–water partition coefficient (Wildman–Crippen LogP) is 2.24. The van der Waals surface area contributed by atoms with E-state index in [4.69, 9.17) is 4.74 Å². The summed E-state index contributed by atoms with van der Waals surface area (Å²) < 4.78 is 5.42. The second kappa shape index (κ2) is 9.83. The number of amides is 5. The first-order valence-corrected chi connectivity index (χ1v) is 12.3. The number of fused-ring (bicyclic) bond motifs is 1. The van der Waals surface area contributed by atoms with Crippen LogP contribution in [-0.4, -0.2) is 70.0 Å². The lowest BCUT2D eigenvalue weighted by Crippen LogP contribution is -2.54. The molecule has 192 valence electrons. The molecule has 0 aliphatic carbocycles. The smallest absolute Gasteiger partial charge is 0.410 e. The van der Waals surface area contributed by atoms with Gasteiger partial charge in [-0.05, 0) is 76.5 Å². The molecule has 3 aliphatic heterocycles. The fraction of sp³-hybridized carbons (Fsp3) is 0.538. The predicted molar refractivity (Wildman–Crippen MR) is 127 cm³/mol. The van der Waals surface area contributed by atoms with Gasteiger partial charge in [0.05, 0.1) is 17.2 Å². The van der Waals surface area contributed by atoms with Crippen LogP contribution in [0.15, 0.2) is 18.2 Å². The van der Waals surface area contributed by atoms with Gasteiger partial charge in [0.2, 0.25) is 11.8 Å². The maximum absolute atomic E-state index is 13.0. The Hall–Kier alpha value is -3.56. The Morgan fingerprint density at radius 1 is 1.11 bits per heavy atom. The van der Waals surface area contributed by atoms with Crippen molar-refractivity contribution in [3.63, 3.8) is 0 Å². The van der Waals surface area contributed by atoms with Gasteiger partial charge in [-0.25, -0.2) is 4.79 Å². The van der Waals surface area contributed by atoms with Crippen LogP contribution < -0.4 is 5.32 Å². The van der Waals surface area contributed by atoms with Crippen LogP contribution >= 0.6 is 0 Å². The Bertz CT molecular complexity index is 1120. The van der Waals surface area contributed by atoms with Gasteiger partial charge in [0.25, 0.3) is 11.8 Å². The third kappa shape index (κ3) is 5.17. The Kier molecular flexibility index (Phi) is 6.97. The fourth-order valence-corrected chi connectivity index (χ4v) is 5.06. The molecule has 0 spiro atoms. The number of imide groups is 2. The van der Waals surface area contributed by atoms with E-state index < -0.39 is 47.4 Å². The number of hydrogen-bond acceptors (Lipinski definition) is 7. The standard InChI is InChI=1S/C26H31N3O7/c1-26(2,3)36-25(35)28-11-10-16(12-17(28)14-30)5-4-15-6-7-18-19(13-15)24(34)29(23(18)33)20-8-9-21(31)27-22(20)32/h6-7,13-14,16-17,20H,4-5,8-12H2,1-3H3,(H,27,31,32)/t16?,17-,20?/m1/s1. The van der Waals surface area contributed by atoms with E-state index in [1.807, 2.05) is 0 Å². The Labute approximate surface area is 209 Å². The quantitative estimate of drug-likeness (QED) is 0.488. The maximum atomic E-state index is 13.0. The van der Waals surface area contributed by atoms with Crippen LogP contribution in [0.1, 0.15) is 79.2 Å². The summed E-state index contributed by atoms with van der Waals surface area (Å²) in [6.45, 7) is 5.78. The van der Waals surface area contributed by atoms with Crippen LogP contribution in [0, 0.1) is 5.92 Å². The molecule has 3 atom stereocenters. The topological polar surface area (TPSA) is 130 Å². The maximum Gasteiger partial charge on any atom is 0.410 e. The molecule has 0 bridgehead atoms. The van der Waals surface area contributed by atoms with Gasteiger partial charge in [-0.1, -0.05) is 6.07 Å². The SMILES string of the molecule is CC(C)(C)OC(=O)N1CCC(CCc2ccc3c(c2)C(=O)N(C2CCC(=O)NC2=O)C3=O)C[C@@H]1C=O. The Morgan fingerprint density at radius 2 is 1.83 bits per heavy atom. The molecule has 0 radical (unpaired) electrons. The lowest BCUT2D eigenvalue weighted by atomic mass is 9.86. The van der Waals surface area contributed by atoms with E-state index in [1.54, 1.807) is 39.0 Å². The fourth-order valence-electron chi connectivity index (χ4n) is 5.06. The molecular weight excluding hydrogens is 466 g/mol. The Morgan fingerprint density at radius 3 is 2.50 bits per heavy atom. The third-order valence-corrected chi connectivity index (χ3v) is 6.88. The van der Waals surface area contributed by atoms with Gasteiger partial charge in [-0.3, -0.25) is 34.3 Å². The van der Waals surface area contributed by atoms with Gasteiger partial charge < -0.3 is 9.53 Å². The molecule has 5 amide bonds. The van der Waals surface area contributed by atoms with Crippen molar-refractivity contribution >= 4 is 36.0 Å². The van der Waals surface area contributed by atoms with E-state index in [9.17, 15) is 28.8 Å². The van der Waals surface area contributed by atoms with Gasteiger partial charge in [0.1, 0.15) is 17.9 Å². The molecule has 10 nitrogen and oxygen atoms in total. The van der Waals surface area contributed by atoms with E-state index in [2.05, 4.69) is 5.32 Å². The summed E-state index contributed by atoms with van der Waals surface area (Å²) in [4.78, 5) is 76.1. The number of carbonyl (C=O) groups excluding carboxylic acids is 6. The van der Waals surface area contributed by atoms with E-state index in [0.29, 0.717) is 19.4 Å². The normalized spacial score (nSPS) is 24.5. The summed E-state index contributed by atoms with van der Waals surface area (Å²) in [6.07, 6.45) is 3.15. The lowest BCUT2D eigenvalue weighted by molar-refractivity contribution is -0.136. The Balaban J connectivity index is 1.38. The van der Waals surface area contributed by atoms with E-state index >= 15 is 0 Å². The zero-order valence-electron chi connectivity index (χ0n) is 20.7. The minimum absolute atomic E-state index is 0.0730. The largest absolute Gasteiger partial charge is 0.444 e. The van der Waals surface area contributed by atoms with E-state index in [1.165, 1.54) is 4.90 Å². The number of aldehydes is 1. The number of nitrogens with zero attached hydrogens (tertiary/aromatic N) is 2. The van der Waals surface area contributed by atoms with Crippen LogP contribution in [0.3, 0.4) is 0 Å². The monoisotopic (exact) mass is 497 g/mol. The van der Waals surface area contributed by atoms with Gasteiger partial charge in [0.15, 0.2) is 0 Å². The molecule has 3 aliphatic rings. The van der Waals surface area contributed by atoms with Crippen molar-refractivity contribution in [2.75, 3.05) is 6.54 Å². The van der Waals surface area contributed by atoms with Gasteiger partial charge in [0, 0.05) is 13.0 Å². The van der Waals surface area contributed by atoms with Crippen LogP contribution in [0.5, 0.6) is 0 Å². The summed E-state index contributed by atoms with van der Waals surface area (Å²) >= 11 is 0. The first-order chi connectivity index (χ1) is 17.0. The molecule has 36 heavy (non-hydrogen) atoms. The second-order valence-electron chi connectivity index (χ2n) is 10.6. The number of piperidine rings is 2. The minimum Gasteiger partial charge on any atom is -0.444 e. The zero-order valence-corrected chi connectivity index (χ0v) is 20.7.